The Balaban J connectivity index is 1.63. The van der Waals surface area contributed by atoms with Crippen molar-refractivity contribution in [3.05, 3.63) is 42.2 Å². The Morgan fingerprint density at radius 2 is 1.71 bits per heavy atom. The van der Waals surface area contributed by atoms with E-state index in [4.69, 9.17) is 0 Å². The average Bonchev–Trinajstić information content (AvgIpc) is 2.62. The molecule has 1 aromatic carbocycles. The smallest absolute Gasteiger partial charge is 0.226 e. The van der Waals surface area contributed by atoms with Crippen molar-refractivity contribution in [1.29, 1.82) is 0 Å². The molecule has 2 aliphatic rings. The van der Waals surface area contributed by atoms with Crippen LogP contribution in [0, 0.1) is 11.7 Å². The number of likely N-dealkylation sites (tertiary alicyclic amines) is 1. The highest BCUT2D eigenvalue weighted by Crippen LogP contribution is 2.27. The first-order chi connectivity index (χ1) is 11.5. The highest BCUT2D eigenvalue weighted by molar-refractivity contribution is 7.92. The maximum Gasteiger partial charge on any atom is 0.226 e. The summed E-state index contributed by atoms with van der Waals surface area (Å²) in [6, 6.07) is 4.97. The summed E-state index contributed by atoms with van der Waals surface area (Å²) < 4.78 is 38.3. The van der Waals surface area contributed by atoms with Gasteiger partial charge < -0.3 is 4.90 Å². The van der Waals surface area contributed by atoms with Crippen LogP contribution in [0.25, 0.3) is 0 Å². The molecular weight excluding hydrogens is 329 g/mol. The van der Waals surface area contributed by atoms with Crippen LogP contribution < -0.4 is 0 Å². The number of hydrogen-bond donors (Lipinski definition) is 0. The summed E-state index contributed by atoms with van der Waals surface area (Å²) in [5.74, 6) is -0.256. The Hall–Kier alpha value is -1.69. The fourth-order valence-corrected chi connectivity index (χ4v) is 5.21. The van der Waals surface area contributed by atoms with E-state index in [2.05, 4.69) is 12.2 Å². The zero-order valence-corrected chi connectivity index (χ0v) is 14.3. The lowest BCUT2D eigenvalue weighted by Crippen LogP contribution is -2.45. The van der Waals surface area contributed by atoms with Gasteiger partial charge in [-0.2, -0.15) is 0 Å². The molecule has 6 heteroatoms. The van der Waals surface area contributed by atoms with Gasteiger partial charge in [-0.25, -0.2) is 12.8 Å². The minimum absolute atomic E-state index is 0.0419. The largest absolute Gasteiger partial charge is 0.342 e. The predicted octanol–water partition coefficient (Wildman–Crippen LogP) is 2.95. The zero-order valence-electron chi connectivity index (χ0n) is 13.5. The van der Waals surface area contributed by atoms with Gasteiger partial charge in [0.15, 0.2) is 9.84 Å². The van der Waals surface area contributed by atoms with Gasteiger partial charge in [-0.15, -0.1) is 0 Å². The number of rotatable bonds is 3. The molecule has 1 aliphatic heterocycles. The lowest BCUT2D eigenvalue weighted by Gasteiger charge is -2.34. The minimum Gasteiger partial charge on any atom is -0.342 e. The Bertz CT molecular complexity index is 719. The standard InChI is InChI=1S/C18H22FNO3S/c19-15-6-8-16(9-7-15)24(22,23)17-10-12-20(13-11-17)18(21)14-4-2-1-3-5-14/h1-2,6-9,14,17H,3-5,10-13H2. The summed E-state index contributed by atoms with van der Waals surface area (Å²) >= 11 is 0. The normalized spacial score (nSPS) is 22.5. The number of benzene rings is 1. The van der Waals surface area contributed by atoms with E-state index in [9.17, 15) is 17.6 Å². The fourth-order valence-electron chi connectivity index (χ4n) is 3.48. The average molecular weight is 351 g/mol. The molecule has 3 rings (SSSR count). The second-order valence-electron chi connectivity index (χ2n) is 6.50. The van der Waals surface area contributed by atoms with Crippen molar-refractivity contribution in [3.63, 3.8) is 0 Å². The zero-order chi connectivity index (χ0) is 17.2. The Morgan fingerprint density at radius 3 is 2.29 bits per heavy atom. The lowest BCUT2D eigenvalue weighted by molar-refractivity contribution is -0.136. The summed E-state index contributed by atoms with van der Waals surface area (Å²) in [6.07, 6.45) is 7.63. The highest BCUT2D eigenvalue weighted by atomic mass is 32.2. The van der Waals surface area contributed by atoms with E-state index in [-0.39, 0.29) is 16.7 Å². The molecule has 24 heavy (non-hydrogen) atoms. The van der Waals surface area contributed by atoms with Crippen LogP contribution in [-0.4, -0.2) is 37.6 Å². The maximum absolute atomic E-state index is 13.0. The first-order valence-corrected chi connectivity index (χ1v) is 9.96. The summed E-state index contributed by atoms with van der Waals surface area (Å²) in [6.45, 7) is 0.953. The van der Waals surface area contributed by atoms with Gasteiger partial charge in [0.25, 0.3) is 0 Å². The molecule has 0 spiro atoms. The molecule has 4 nitrogen and oxygen atoms in total. The van der Waals surface area contributed by atoms with Gasteiger partial charge in [0.2, 0.25) is 5.91 Å². The SMILES string of the molecule is O=C(C1CC=CCC1)N1CCC(S(=O)(=O)c2ccc(F)cc2)CC1. The number of piperidine rings is 1. The van der Waals surface area contributed by atoms with E-state index in [0.717, 1.165) is 19.3 Å². The van der Waals surface area contributed by atoms with Gasteiger partial charge in [-0.3, -0.25) is 4.79 Å². The molecule has 0 saturated carbocycles. The predicted molar refractivity (Wildman–Crippen MR) is 89.7 cm³/mol. The Morgan fingerprint density at radius 1 is 1.04 bits per heavy atom. The second-order valence-corrected chi connectivity index (χ2v) is 8.73. The Labute approximate surface area is 142 Å². The van der Waals surface area contributed by atoms with Crippen LogP contribution >= 0.6 is 0 Å². The lowest BCUT2D eigenvalue weighted by atomic mass is 9.92. The molecule has 130 valence electrons. The van der Waals surface area contributed by atoms with Gasteiger partial charge in [-0.1, -0.05) is 12.2 Å². The molecule has 1 amide bonds. The Kier molecular flexibility index (Phi) is 5.04. The summed E-state index contributed by atoms with van der Waals surface area (Å²) in [4.78, 5) is 14.5. The quantitative estimate of drug-likeness (QED) is 0.621. The molecule has 1 atom stereocenters. The molecule has 1 heterocycles. The third-order valence-corrected chi connectivity index (χ3v) is 7.23. The van der Waals surface area contributed by atoms with Crippen LogP contribution in [0.15, 0.2) is 41.3 Å². The van der Waals surface area contributed by atoms with Crippen molar-refractivity contribution in [2.75, 3.05) is 13.1 Å². The highest BCUT2D eigenvalue weighted by Gasteiger charge is 2.34. The van der Waals surface area contributed by atoms with E-state index in [1.807, 2.05) is 0 Å². The molecule has 1 unspecified atom stereocenters. The third-order valence-electron chi connectivity index (χ3n) is 4.95. The van der Waals surface area contributed by atoms with Gasteiger partial charge in [0.1, 0.15) is 5.82 Å². The second kappa shape index (κ2) is 7.05. The molecule has 0 radical (unpaired) electrons. The molecule has 1 saturated heterocycles. The van der Waals surface area contributed by atoms with E-state index >= 15 is 0 Å². The third kappa shape index (κ3) is 3.53. The number of carbonyl (C=O) groups is 1. The van der Waals surface area contributed by atoms with E-state index in [1.165, 1.54) is 24.3 Å². The number of nitrogens with zero attached hydrogens (tertiary/aromatic N) is 1. The van der Waals surface area contributed by atoms with E-state index in [1.54, 1.807) is 4.90 Å². The van der Waals surface area contributed by atoms with Crippen molar-refractivity contribution >= 4 is 15.7 Å². The van der Waals surface area contributed by atoms with Gasteiger partial charge in [0, 0.05) is 19.0 Å². The topological polar surface area (TPSA) is 54.5 Å². The molecule has 1 aromatic rings. The maximum atomic E-state index is 13.0. The fraction of sp³-hybridized carbons (Fsp3) is 0.500. The van der Waals surface area contributed by atoms with E-state index in [0.29, 0.717) is 25.9 Å². The summed E-state index contributed by atoms with van der Waals surface area (Å²) in [5.41, 5.74) is 0. The van der Waals surface area contributed by atoms with Crippen molar-refractivity contribution in [2.45, 2.75) is 42.2 Å². The van der Waals surface area contributed by atoms with Crippen LogP contribution in [0.5, 0.6) is 0 Å². The molecule has 1 aliphatic carbocycles. The number of allylic oxidation sites excluding steroid dienone is 2. The first kappa shape index (κ1) is 17.1. The number of sulfone groups is 1. The molecule has 0 N–H and O–H groups in total. The van der Waals surface area contributed by atoms with Crippen molar-refractivity contribution in [2.24, 2.45) is 5.92 Å². The van der Waals surface area contributed by atoms with Gasteiger partial charge in [0.05, 0.1) is 10.1 Å². The van der Waals surface area contributed by atoms with Crippen molar-refractivity contribution in [3.8, 4) is 0 Å². The number of amides is 1. The summed E-state index contributed by atoms with van der Waals surface area (Å²) in [5, 5.41) is -0.502. The number of carbonyl (C=O) groups excluding carboxylic acids is 1. The van der Waals surface area contributed by atoms with Crippen LogP contribution in [0.2, 0.25) is 0 Å². The van der Waals surface area contributed by atoms with Crippen molar-refractivity contribution < 1.29 is 17.6 Å². The monoisotopic (exact) mass is 351 g/mol. The van der Waals surface area contributed by atoms with Crippen molar-refractivity contribution in [1.82, 2.24) is 4.90 Å². The number of halogens is 1. The van der Waals surface area contributed by atoms with E-state index < -0.39 is 20.9 Å². The summed E-state index contributed by atoms with van der Waals surface area (Å²) in [7, 11) is -3.47. The first-order valence-electron chi connectivity index (χ1n) is 8.42. The molecule has 1 fully saturated rings. The van der Waals surface area contributed by atoms with Crippen LogP contribution in [0.1, 0.15) is 32.1 Å². The number of hydrogen-bond acceptors (Lipinski definition) is 3. The van der Waals surface area contributed by atoms with Crippen LogP contribution in [-0.2, 0) is 14.6 Å². The van der Waals surface area contributed by atoms with Crippen LogP contribution in [0.3, 0.4) is 0 Å². The molecular formula is C18H22FNO3S. The molecule has 0 aromatic heterocycles. The van der Waals surface area contributed by atoms with Crippen LogP contribution in [0.4, 0.5) is 4.39 Å². The van der Waals surface area contributed by atoms with Gasteiger partial charge in [-0.05, 0) is 56.4 Å². The molecule has 0 bridgehead atoms. The minimum atomic E-state index is -3.47. The van der Waals surface area contributed by atoms with Gasteiger partial charge >= 0.3 is 0 Å².